The Hall–Kier alpha value is -5.32. The van der Waals surface area contributed by atoms with Crippen molar-refractivity contribution in [3.05, 3.63) is 144 Å². The van der Waals surface area contributed by atoms with Gasteiger partial charge in [0, 0.05) is 29.1 Å². The van der Waals surface area contributed by atoms with Crippen LogP contribution in [0.5, 0.6) is 11.6 Å². The summed E-state index contributed by atoms with van der Waals surface area (Å²) in [6, 6.07) is 40.7. The largest absolute Gasteiger partial charge is 2.00 e. The first-order valence-electron chi connectivity index (χ1n) is 16.9. The number of hydrogen-bond acceptors (Lipinski definition) is 4. The van der Waals surface area contributed by atoms with Gasteiger partial charge in [0.05, 0.1) is 11.4 Å². The zero-order chi connectivity index (χ0) is 34.6. The predicted molar refractivity (Wildman–Crippen MR) is 202 cm³/mol. The summed E-state index contributed by atoms with van der Waals surface area (Å²) in [6.45, 7) is 13.0. The first-order valence-corrected chi connectivity index (χ1v) is 16.9. The van der Waals surface area contributed by atoms with Crippen molar-refractivity contribution in [3.8, 4) is 51.2 Å². The van der Waals surface area contributed by atoms with E-state index in [1.807, 2.05) is 48.7 Å². The molecule has 6 nitrogen and oxygen atoms in total. The fraction of sp³-hybridized carbons (Fsp3) is 0.159. The number of para-hydroxylation sites is 1. The van der Waals surface area contributed by atoms with E-state index in [0.717, 1.165) is 50.0 Å². The van der Waals surface area contributed by atoms with Crippen LogP contribution in [-0.2, 0) is 26.5 Å². The maximum absolute atomic E-state index is 6.45. The van der Waals surface area contributed by atoms with Gasteiger partial charge in [-0.2, -0.15) is 6.07 Å². The Balaban J connectivity index is 0.00000406. The van der Waals surface area contributed by atoms with Gasteiger partial charge in [-0.25, -0.2) is 9.97 Å². The van der Waals surface area contributed by atoms with E-state index < -0.39 is 0 Å². The Bertz CT molecular complexity index is 2520. The van der Waals surface area contributed by atoms with Crippen LogP contribution < -0.4 is 9.84 Å². The summed E-state index contributed by atoms with van der Waals surface area (Å²) >= 11 is 0. The fourth-order valence-corrected chi connectivity index (χ4v) is 6.99. The maximum Gasteiger partial charge on any atom is 2.00 e. The van der Waals surface area contributed by atoms with Crippen LogP contribution in [0.1, 0.15) is 43.0 Å². The molecule has 8 aromatic rings. The zero-order valence-electron chi connectivity index (χ0n) is 29.4. The van der Waals surface area contributed by atoms with Crippen molar-refractivity contribution in [1.82, 2.24) is 24.7 Å². The van der Waals surface area contributed by atoms with Crippen molar-refractivity contribution in [3.63, 3.8) is 0 Å². The van der Waals surface area contributed by atoms with Crippen LogP contribution in [0.15, 0.2) is 115 Å². The van der Waals surface area contributed by atoms with Crippen molar-refractivity contribution in [2.45, 2.75) is 47.0 Å². The molecule has 0 saturated carbocycles. The van der Waals surface area contributed by atoms with Crippen molar-refractivity contribution in [2.75, 3.05) is 0 Å². The minimum Gasteiger partial charge on any atom is -0.573 e. The van der Waals surface area contributed by atoms with E-state index in [9.17, 15) is 0 Å². The van der Waals surface area contributed by atoms with E-state index in [0.29, 0.717) is 23.0 Å². The second-order valence-corrected chi connectivity index (χ2v) is 14.0. The number of pyridine rings is 2. The number of rotatable bonds is 6. The van der Waals surface area contributed by atoms with Crippen LogP contribution in [0.4, 0.5) is 0 Å². The molecular formula is C44H37N5OPt. The fourth-order valence-electron chi connectivity index (χ4n) is 6.99. The SMILES string of the molecule is Cc1cc(C)c(-c2n[n-]c(-c3cccc(Oc4[c-]c5c(cc4)c4ccccc4n5-c4cc(C(C)(C)C)ccn4)n3)c2-c2ccccc2)c(C)c1.[Pt+2]. The molecule has 0 aliphatic rings. The van der Waals surface area contributed by atoms with Crippen molar-refractivity contribution < 1.29 is 25.8 Å². The van der Waals surface area contributed by atoms with Crippen molar-refractivity contribution in [2.24, 2.45) is 0 Å². The van der Waals surface area contributed by atoms with Gasteiger partial charge in [-0.1, -0.05) is 104 Å². The van der Waals surface area contributed by atoms with Gasteiger partial charge in [-0.05, 0) is 83.7 Å². The molecule has 8 rings (SSSR count). The third-order valence-electron chi connectivity index (χ3n) is 9.28. The second-order valence-electron chi connectivity index (χ2n) is 14.0. The average molecular weight is 847 g/mol. The number of fused-ring (bicyclic) bond motifs is 3. The Morgan fingerprint density at radius 1 is 0.745 bits per heavy atom. The van der Waals surface area contributed by atoms with Gasteiger partial charge < -0.3 is 19.5 Å². The first-order chi connectivity index (χ1) is 24.2. The number of aryl methyl sites for hydroxylation is 3. The summed E-state index contributed by atoms with van der Waals surface area (Å²) in [4.78, 5) is 9.77. The van der Waals surface area contributed by atoms with Gasteiger partial charge in [-0.15, -0.1) is 17.5 Å². The quantitative estimate of drug-likeness (QED) is 0.156. The molecule has 0 amide bonds. The van der Waals surface area contributed by atoms with Gasteiger partial charge in [0.15, 0.2) is 0 Å². The summed E-state index contributed by atoms with van der Waals surface area (Å²) in [6.07, 6.45) is 1.88. The van der Waals surface area contributed by atoms with Gasteiger partial charge in [0.2, 0.25) is 5.88 Å². The normalized spacial score (nSPS) is 11.6. The Kier molecular flexibility index (Phi) is 8.99. The van der Waals surface area contributed by atoms with Crippen LogP contribution >= 0.6 is 0 Å². The molecular weight excluding hydrogens is 810 g/mol. The third-order valence-corrected chi connectivity index (χ3v) is 9.28. The minimum atomic E-state index is -0.0177. The van der Waals surface area contributed by atoms with Gasteiger partial charge in [0.1, 0.15) is 5.82 Å². The number of benzene rings is 4. The molecule has 0 bridgehead atoms. The topological polar surface area (TPSA) is 66.9 Å². The Morgan fingerprint density at radius 3 is 2.25 bits per heavy atom. The molecule has 0 fully saturated rings. The molecule has 0 spiro atoms. The predicted octanol–water partition coefficient (Wildman–Crippen LogP) is 10.7. The molecule has 4 aromatic carbocycles. The van der Waals surface area contributed by atoms with Gasteiger partial charge in [-0.3, -0.25) is 0 Å². The summed E-state index contributed by atoms with van der Waals surface area (Å²) in [5.41, 5.74) is 12.0. The van der Waals surface area contributed by atoms with E-state index >= 15 is 0 Å². The number of aromatic nitrogens is 5. The summed E-state index contributed by atoms with van der Waals surface area (Å²) in [5, 5.41) is 11.7. The molecule has 0 aliphatic carbocycles. The summed E-state index contributed by atoms with van der Waals surface area (Å²) in [7, 11) is 0. The molecule has 254 valence electrons. The molecule has 0 unspecified atom stereocenters. The monoisotopic (exact) mass is 846 g/mol. The number of ether oxygens (including phenoxy) is 1. The third kappa shape index (κ3) is 6.30. The van der Waals surface area contributed by atoms with E-state index in [-0.39, 0.29) is 26.5 Å². The molecule has 0 saturated heterocycles. The van der Waals surface area contributed by atoms with E-state index in [1.165, 1.54) is 22.3 Å². The standard InChI is InChI=1S/C44H37N5O.Pt/c1-27-23-28(2)40(29(3)24-27)43-41(30-13-8-7-9-14-30)42(47-48-43)35-16-12-18-39(46-35)50-32-19-20-34-33-15-10-11-17-36(33)49(37(34)26-32)38-25-31(21-22-45-38)44(4,5)6;/h7-25H,1-6H3;/q-2;+2. The summed E-state index contributed by atoms with van der Waals surface area (Å²) in [5.74, 6) is 1.84. The number of hydrogen-bond donors (Lipinski definition) is 0. The molecule has 0 N–H and O–H groups in total. The van der Waals surface area contributed by atoms with Crippen molar-refractivity contribution in [1.29, 1.82) is 0 Å². The molecule has 0 aliphatic heterocycles. The maximum atomic E-state index is 6.45. The van der Waals surface area contributed by atoms with E-state index in [2.05, 4.69) is 119 Å². The minimum absolute atomic E-state index is 0. The van der Waals surface area contributed by atoms with Crippen LogP contribution in [0, 0.1) is 26.8 Å². The van der Waals surface area contributed by atoms with Crippen LogP contribution in [0.25, 0.3) is 61.4 Å². The van der Waals surface area contributed by atoms with E-state index in [4.69, 9.17) is 24.9 Å². The van der Waals surface area contributed by atoms with E-state index in [1.54, 1.807) is 0 Å². The second kappa shape index (κ2) is 13.4. The van der Waals surface area contributed by atoms with Crippen LogP contribution in [0.3, 0.4) is 0 Å². The van der Waals surface area contributed by atoms with Crippen molar-refractivity contribution >= 4 is 21.8 Å². The van der Waals surface area contributed by atoms with Crippen LogP contribution in [0.2, 0.25) is 0 Å². The Labute approximate surface area is 312 Å². The van der Waals surface area contributed by atoms with Gasteiger partial charge >= 0.3 is 21.1 Å². The smallest absolute Gasteiger partial charge is 0.573 e. The molecule has 0 atom stereocenters. The number of nitrogens with zero attached hydrogens (tertiary/aromatic N) is 5. The molecule has 51 heavy (non-hydrogen) atoms. The zero-order valence-corrected chi connectivity index (χ0v) is 31.7. The molecule has 4 aromatic heterocycles. The van der Waals surface area contributed by atoms with Gasteiger partial charge in [0.25, 0.3) is 0 Å². The molecule has 0 radical (unpaired) electrons. The van der Waals surface area contributed by atoms with Crippen LogP contribution in [-0.4, -0.2) is 19.6 Å². The molecule has 7 heteroatoms. The average Bonchev–Trinajstić information content (AvgIpc) is 3.67. The Morgan fingerprint density at radius 2 is 1.49 bits per heavy atom. The summed E-state index contributed by atoms with van der Waals surface area (Å²) < 4.78 is 8.62. The first kappa shape index (κ1) is 34.1. The molecule has 4 heterocycles.